The molecule has 2 aromatic rings. The van der Waals surface area contributed by atoms with Gasteiger partial charge in [-0.25, -0.2) is 9.98 Å². The predicted octanol–water partition coefficient (Wildman–Crippen LogP) is 3.35. The van der Waals surface area contributed by atoms with E-state index in [9.17, 15) is 0 Å². The maximum Gasteiger partial charge on any atom is 0.224 e. The van der Waals surface area contributed by atoms with Gasteiger partial charge in [0.25, 0.3) is 0 Å². The number of pyridine rings is 2. The fourth-order valence-corrected chi connectivity index (χ4v) is 1.69. The minimum absolute atomic E-state index is 0.432. The largest absolute Gasteiger partial charge is 0.421 e. The summed E-state index contributed by atoms with van der Waals surface area (Å²) in [7, 11) is 0. The average molecular weight is 267 g/mol. The van der Waals surface area contributed by atoms with Crippen LogP contribution in [0.25, 0.3) is 0 Å². The summed E-state index contributed by atoms with van der Waals surface area (Å²) < 4.78 is 11.1. The molecule has 0 bridgehead atoms. The van der Waals surface area contributed by atoms with Gasteiger partial charge in [0.1, 0.15) is 0 Å². The minimum atomic E-state index is 0.432. The summed E-state index contributed by atoms with van der Waals surface area (Å²) in [5.41, 5.74) is 0. The molecular formula is C15H13N3O2. The van der Waals surface area contributed by atoms with Crippen LogP contribution in [0.5, 0.6) is 17.6 Å². The molecule has 0 saturated carbocycles. The zero-order valence-electron chi connectivity index (χ0n) is 10.8. The summed E-state index contributed by atoms with van der Waals surface area (Å²) in [6.45, 7) is 0. The molecule has 5 heteroatoms. The molecule has 0 fully saturated rings. The maximum atomic E-state index is 5.59. The molecule has 0 radical (unpaired) electrons. The third kappa shape index (κ3) is 3.20. The molecule has 0 N–H and O–H groups in total. The molecule has 1 aliphatic rings. The van der Waals surface area contributed by atoms with Crippen LogP contribution in [0.4, 0.5) is 0 Å². The number of ether oxygens (including phenoxy) is 2. The van der Waals surface area contributed by atoms with Crippen LogP contribution >= 0.6 is 0 Å². The van der Waals surface area contributed by atoms with Gasteiger partial charge in [-0.15, -0.1) is 0 Å². The van der Waals surface area contributed by atoms with Gasteiger partial charge < -0.3 is 9.47 Å². The molecule has 20 heavy (non-hydrogen) atoms. The summed E-state index contributed by atoms with van der Waals surface area (Å²) in [5, 5.41) is 0. The molecule has 3 rings (SSSR count). The van der Waals surface area contributed by atoms with E-state index in [1.807, 2.05) is 30.5 Å². The van der Waals surface area contributed by atoms with Gasteiger partial charge in [-0.2, -0.15) is 4.98 Å². The highest BCUT2D eigenvalue weighted by molar-refractivity contribution is 5.60. The predicted molar refractivity (Wildman–Crippen MR) is 75.0 cm³/mol. The van der Waals surface area contributed by atoms with Crippen molar-refractivity contribution in [1.82, 2.24) is 9.97 Å². The Balaban J connectivity index is 1.73. The molecule has 0 amide bonds. The van der Waals surface area contributed by atoms with E-state index < -0.39 is 0 Å². The summed E-state index contributed by atoms with van der Waals surface area (Å²) in [4.78, 5) is 12.5. The Morgan fingerprint density at radius 1 is 0.850 bits per heavy atom. The number of nitrogens with zero attached hydrogens (tertiary/aromatic N) is 3. The first kappa shape index (κ1) is 12.3. The maximum absolute atomic E-state index is 5.59. The fraction of sp³-hybridized carbons (Fsp3) is 0.133. The van der Waals surface area contributed by atoms with Crippen molar-refractivity contribution in [2.24, 2.45) is 4.99 Å². The van der Waals surface area contributed by atoms with Gasteiger partial charge in [-0.3, -0.25) is 0 Å². The van der Waals surface area contributed by atoms with Gasteiger partial charge >= 0.3 is 0 Å². The second-order valence-corrected chi connectivity index (χ2v) is 4.12. The fourth-order valence-electron chi connectivity index (χ4n) is 1.69. The number of aliphatic imine (C=N–C) groups is 1. The van der Waals surface area contributed by atoms with Crippen molar-refractivity contribution < 1.29 is 9.47 Å². The lowest BCUT2D eigenvalue weighted by atomic mass is 10.3. The zero-order valence-corrected chi connectivity index (χ0v) is 10.8. The highest BCUT2D eigenvalue weighted by Gasteiger charge is 2.05. The first-order valence-corrected chi connectivity index (χ1v) is 6.37. The van der Waals surface area contributed by atoms with Crippen LogP contribution in [0.3, 0.4) is 0 Å². The molecule has 0 atom stereocenters. The first-order valence-electron chi connectivity index (χ1n) is 6.37. The Kier molecular flexibility index (Phi) is 3.68. The Morgan fingerprint density at radius 3 is 2.45 bits per heavy atom. The molecule has 0 spiro atoms. The standard InChI is InChI=1S/C15H13N3O2/c1-3-10-16-12(6-1)19-14-8-5-9-15(18-14)20-13-7-2-4-11-17-13/h1,3,5-11H,2,4H2. The van der Waals surface area contributed by atoms with Gasteiger partial charge in [0.15, 0.2) is 0 Å². The Morgan fingerprint density at radius 2 is 1.70 bits per heavy atom. The number of rotatable bonds is 4. The van der Waals surface area contributed by atoms with Crippen molar-refractivity contribution in [1.29, 1.82) is 0 Å². The molecule has 2 aromatic heterocycles. The van der Waals surface area contributed by atoms with Crippen molar-refractivity contribution in [2.45, 2.75) is 12.8 Å². The first-order chi connectivity index (χ1) is 9.90. The SMILES string of the molecule is C1=NC(Oc2cccc(Oc3ccccn3)n2)=CCC1. The van der Waals surface area contributed by atoms with E-state index in [2.05, 4.69) is 15.0 Å². The van der Waals surface area contributed by atoms with E-state index in [-0.39, 0.29) is 0 Å². The van der Waals surface area contributed by atoms with Gasteiger partial charge in [0.05, 0.1) is 0 Å². The molecule has 5 nitrogen and oxygen atoms in total. The summed E-state index contributed by atoms with van der Waals surface area (Å²) in [5.74, 6) is 1.94. The van der Waals surface area contributed by atoms with E-state index in [0.717, 1.165) is 12.8 Å². The molecule has 0 unspecified atom stereocenters. The molecule has 100 valence electrons. The topological polar surface area (TPSA) is 56.6 Å². The van der Waals surface area contributed by atoms with Crippen LogP contribution in [-0.2, 0) is 0 Å². The quantitative estimate of drug-likeness (QED) is 0.852. The van der Waals surface area contributed by atoms with E-state index >= 15 is 0 Å². The van der Waals surface area contributed by atoms with Crippen LogP contribution in [0.15, 0.2) is 59.5 Å². The molecule has 3 heterocycles. The average Bonchev–Trinajstić information content (AvgIpc) is 2.50. The van der Waals surface area contributed by atoms with Crippen LogP contribution < -0.4 is 9.47 Å². The van der Waals surface area contributed by atoms with Gasteiger partial charge in [-0.1, -0.05) is 12.1 Å². The second kappa shape index (κ2) is 5.97. The highest BCUT2D eigenvalue weighted by atomic mass is 16.5. The summed E-state index contributed by atoms with van der Waals surface area (Å²) >= 11 is 0. The lowest BCUT2D eigenvalue weighted by Crippen LogP contribution is -1.99. The van der Waals surface area contributed by atoms with Gasteiger partial charge in [0.2, 0.25) is 23.5 Å². The monoisotopic (exact) mass is 267 g/mol. The highest BCUT2D eigenvalue weighted by Crippen LogP contribution is 2.21. The third-order valence-corrected chi connectivity index (χ3v) is 2.59. The Bertz CT molecular complexity index is 639. The molecule has 1 aliphatic heterocycles. The molecule has 0 aromatic carbocycles. The van der Waals surface area contributed by atoms with Crippen LogP contribution in [0.1, 0.15) is 12.8 Å². The van der Waals surface area contributed by atoms with Crippen molar-refractivity contribution in [3.8, 4) is 17.6 Å². The molecular weight excluding hydrogens is 254 g/mol. The van der Waals surface area contributed by atoms with Crippen molar-refractivity contribution in [2.75, 3.05) is 0 Å². The zero-order chi connectivity index (χ0) is 13.6. The van der Waals surface area contributed by atoms with E-state index in [0.29, 0.717) is 23.5 Å². The number of hydrogen-bond donors (Lipinski definition) is 0. The number of allylic oxidation sites excluding steroid dienone is 1. The van der Waals surface area contributed by atoms with E-state index in [1.54, 1.807) is 24.4 Å². The molecule has 0 aliphatic carbocycles. The minimum Gasteiger partial charge on any atom is -0.421 e. The summed E-state index contributed by atoms with van der Waals surface area (Å²) in [6.07, 6.45) is 7.32. The van der Waals surface area contributed by atoms with Crippen molar-refractivity contribution in [3.63, 3.8) is 0 Å². The Hall–Kier alpha value is -2.69. The van der Waals surface area contributed by atoms with Gasteiger partial charge in [0, 0.05) is 30.6 Å². The lowest BCUT2D eigenvalue weighted by Gasteiger charge is -2.09. The van der Waals surface area contributed by atoms with Crippen LogP contribution in [0.2, 0.25) is 0 Å². The number of aromatic nitrogens is 2. The van der Waals surface area contributed by atoms with E-state index in [1.165, 1.54) is 0 Å². The second-order valence-electron chi connectivity index (χ2n) is 4.12. The van der Waals surface area contributed by atoms with Gasteiger partial charge in [-0.05, 0) is 25.0 Å². The van der Waals surface area contributed by atoms with Crippen LogP contribution in [-0.4, -0.2) is 16.2 Å². The van der Waals surface area contributed by atoms with Crippen LogP contribution in [0, 0.1) is 0 Å². The van der Waals surface area contributed by atoms with Crippen molar-refractivity contribution >= 4 is 6.21 Å². The lowest BCUT2D eigenvalue weighted by molar-refractivity contribution is 0.383. The van der Waals surface area contributed by atoms with E-state index in [4.69, 9.17) is 9.47 Å². The molecule has 0 saturated heterocycles. The Labute approximate surface area is 116 Å². The smallest absolute Gasteiger partial charge is 0.224 e. The number of hydrogen-bond acceptors (Lipinski definition) is 5. The summed E-state index contributed by atoms with van der Waals surface area (Å²) in [6, 6.07) is 10.8. The third-order valence-electron chi connectivity index (χ3n) is 2.59. The van der Waals surface area contributed by atoms with Crippen molar-refractivity contribution in [3.05, 3.63) is 54.6 Å². The normalized spacial score (nSPS) is 13.7.